The molecular weight excluding hydrogens is 341 g/mol. The van der Waals surface area contributed by atoms with Gasteiger partial charge in [0.25, 0.3) is 5.91 Å². The van der Waals surface area contributed by atoms with Gasteiger partial charge in [0.1, 0.15) is 5.71 Å². The quantitative estimate of drug-likeness (QED) is 0.567. The summed E-state index contributed by atoms with van der Waals surface area (Å²) in [5.74, 6) is -0.405. The fourth-order valence-corrected chi connectivity index (χ4v) is 3.13. The van der Waals surface area contributed by atoms with Gasteiger partial charge < -0.3 is 4.90 Å². The number of allylic oxidation sites excluding steroid dienone is 2. The first-order valence-corrected chi connectivity index (χ1v) is 8.49. The van der Waals surface area contributed by atoms with E-state index in [1.165, 1.54) is 6.07 Å². The Morgan fingerprint density at radius 3 is 2.38 bits per heavy atom. The third-order valence-electron chi connectivity index (χ3n) is 4.47. The van der Waals surface area contributed by atoms with Crippen molar-refractivity contribution in [1.29, 1.82) is 0 Å². The molecule has 1 amide bonds. The van der Waals surface area contributed by atoms with E-state index in [1.54, 1.807) is 36.2 Å². The lowest BCUT2D eigenvalue weighted by Crippen LogP contribution is -2.41. The van der Waals surface area contributed by atoms with Crippen LogP contribution in [-0.4, -0.2) is 36.7 Å². The van der Waals surface area contributed by atoms with Crippen molar-refractivity contribution in [2.75, 3.05) is 20.1 Å². The topological polar surface area (TPSA) is 32.7 Å². The largest absolute Gasteiger partial charge is 0.416 e. The lowest BCUT2D eigenvalue weighted by molar-refractivity contribution is -0.138. The van der Waals surface area contributed by atoms with E-state index in [4.69, 9.17) is 0 Å². The van der Waals surface area contributed by atoms with Crippen LogP contribution in [0, 0.1) is 0 Å². The number of carbonyl (C=O) groups is 1. The molecule has 1 aromatic rings. The van der Waals surface area contributed by atoms with Crippen LogP contribution in [0.15, 0.2) is 53.6 Å². The SMILES string of the molecule is C=C(C)/C=C\C(=NC)C(=O)N1CCC(c2ccccc2C(F)(F)F)CC1. The minimum absolute atomic E-state index is 0.201. The van der Waals surface area contributed by atoms with E-state index < -0.39 is 11.7 Å². The Morgan fingerprint density at radius 2 is 1.85 bits per heavy atom. The molecular formula is C20H23F3N2O. The van der Waals surface area contributed by atoms with Gasteiger partial charge in [0.2, 0.25) is 0 Å². The van der Waals surface area contributed by atoms with Crippen molar-refractivity contribution in [3.8, 4) is 0 Å². The fraction of sp³-hybridized carbons (Fsp3) is 0.400. The molecule has 1 aromatic carbocycles. The number of benzene rings is 1. The van der Waals surface area contributed by atoms with Gasteiger partial charge in [-0.3, -0.25) is 9.79 Å². The smallest absolute Gasteiger partial charge is 0.337 e. The molecule has 140 valence electrons. The van der Waals surface area contributed by atoms with Crippen LogP contribution in [0.3, 0.4) is 0 Å². The van der Waals surface area contributed by atoms with E-state index in [0.717, 1.165) is 11.6 Å². The van der Waals surface area contributed by atoms with Crippen LogP contribution in [-0.2, 0) is 11.0 Å². The van der Waals surface area contributed by atoms with Gasteiger partial charge in [-0.2, -0.15) is 13.2 Å². The molecule has 0 radical (unpaired) electrons. The summed E-state index contributed by atoms with van der Waals surface area (Å²) < 4.78 is 39.6. The normalized spacial score (nSPS) is 17.0. The van der Waals surface area contributed by atoms with E-state index in [2.05, 4.69) is 11.6 Å². The number of alkyl halides is 3. The summed E-state index contributed by atoms with van der Waals surface area (Å²) in [5.41, 5.74) is 0.868. The highest BCUT2D eigenvalue weighted by Gasteiger charge is 2.36. The molecule has 3 nitrogen and oxygen atoms in total. The molecule has 0 bridgehead atoms. The zero-order valence-corrected chi connectivity index (χ0v) is 15.0. The van der Waals surface area contributed by atoms with Gasteiger partial charge in [-0.25, -0.2) is 0 Å². The molecule has 2 rings (SSSR count). The van der Waals surface area contributed by atoms with Crippen molar-refractivity contribution in [2.45, 2.75) is 31.9 Å². The van der Waals surface area contributed by atoms with E-state index in [0.29, 0.717) is 37.2 Å². The molecule has 0 unspecified atom stereocenters. The summed E-state index contributed by atoms with van der Waals surface area (Å²) in [5, 5.41) is 0. The number of amides is 1. The molecule has 0 N–H and O–H groups in total. The van der Waals surface area contributed by atoms with E-state index in [-0.39, 0.29) is 11.8 Å². The van der Waals surface area contributed by atoms with Crippen molar-refractivity contribution in [3.63, 3.8) is 0 Å². The van der Waals surface area contributed by atoms with Crippen molar-refractivity contribution in [2.24, 2.45) is 4.99 Å². The lowest BCUT2D eigenvalue weighted by Gasteiger charge is -2.33. The molecule has 0 atom stereocenters. The third kappa shape index (κ3) is 4.84. The predicted octanol–water partition coefficient (Wildman–Crippen LogP) is 4.61. The monoisotopic (exact) mass is 364 g/mol. The number of halogens is 3. The zero-order chi connectivity index (χ0) is 19.3. The summed E-state index contributed by atoms with van der Waals surface area (Å²) in [6.45, 7) is 6.39. The van der Waals surface area contributed by atoms with Gasteiger partial charge in [-0.05, 0) is 43.4 Å². The second-order valence-electron chi connectivity index (χ2n) is 6.44. The van der Waals surface area contributed by atoms with E-state index >= 15 is 0 Å². The Morgan fingerprint density at radius 1 is 1.23 bits per heavy atom. The third-order valence-corrected chi connectivity index (χ3v) is 4.47. The Kier molecular flexibility index (Phi) is 6.40. The molecule has 1 aliphatic heterocycles. The average molecular weight is 364 g/mol. The summed E-state index contributed by atoms with van der Waals surface area (Å²) in [6.07, 6.45) is -0.0265. The lowest BCUT2D eigenvalue weighted by atomic mass is 9.86. The van der Waals surface area contributed by atoms with Crippen molar-refractivity contribution >= 4 is 11.6 Å². The van der Waals surface area contributed by atoms with Gasteiger partial charge in [0.15, 0.2) is 0 Å². The van der Waals surface area contributed by atoms with Crippen LogP contribution in [0.25, 0.3) is 0 Å². The highest BCUT2D eigenvalue weighted by molar-refractivity contribution is 6.43. The number of hydrogen-bond donors (Lipinski definition) is 0. The maximum atomic E-state index is 13.2. The Labute approximate surface area is 151 Å². The van der Waals surface area contributed by atoms with Crippen LogP contribution >= 0.6 is 0 Å². The van der Waals surface area contributed by atoms with Crippen molar-refractivity contribution < 1.29 is 18.0 Å². The fourth-order valence-electron chi connectivity index (χ4n) is 3.13. The summed E-state index contributed by atoms with van der Waals surface area (Å²) in [6, 6.07) is 5.70. The van der Waals surface area contributed by atoms with Crippen LogP contribution in [0.2, 0.25) is 0 Å². The van der Waals surface area contributed by atoms with Gasteiger partial charge in [0, 0.05) is 20.1 Å². The molecule has 26 heavy (non-hydrogen) atoms. The molecule has 0 spiro atoms. The molecule has 1 saturated heterocycles. The minimum Gasteiger partial charge on any atom is -0.337 e. The van der Waals surface area contributed by atoms with Crippen LogP contribution in [0.4, 0.5) is 13.2 Å². The average Bonchev–Trinajstić information content (AvgIpc) is 2.61. The van der Waals surface area contributed by atoms with E-state index in [9.17, 15) is 18.0 Å². The van der Waals surface area contributed by atoms with E-state index in [1.807, 2.05) is 6.92 Å². The maximum Gasteiger partial charge on any atom is 0.416 e. The minimum atomic E-state index is -4.36. The first-order valence-electron chi connectivity index (χ1n) is 8.49. The van der Waals surface area contributed by atoms with Crippen molar-refractivity contribution in [1.82, 2.24) is 4.90 Å². The highest BCUT2D eigenvalue weighted by Crippen LogP contribution is 2.38. The zero-order valence-electron chi connectivity index (χ0n) is 15.0. The molecule has 1 aliphatic rings. The van der Waals surface area contributed by atoms with Crippen LogP contribution < -0.4 is 0 Å². The molecule has 0 saturated carbocycles. The molecule has 1 heterocycles. The number of rotatable bonds is 4. The maximum absolute atomic E-state index is 13.2. The number of piperidine rings is 1. The first-order chi connectivity index (χ1) is 12.2. The summed E-state index contributed by atoms with van der Waals surface area (Å²) >= 11 is 0. The summed E-state index contributed by atoms with van der Waals surface area (Å²) in [7, 11) is 1.54. The second-order valence-corrected chi connectivity index (χ2v) is 6.44. The van der Waals surface area contributed by atoms with Gasteiger partial charge in [0.05, 0.1) is 5.56 Å². The highest BCUT2D eigenvalue weighted by atomic mass is 19.4. The Hall–Kier alpha value is -2.37. The van der Waals surface area contributed by atoms with Crippen LogP contribution in [0.1, 0.15) is 36.8 Å². The molecule has 0 aliphatic carbocycles. The Balaban J connectivity index is 2.08. The van der Waals surface area contributed by atoms with Gasteiger partial charge >= 0.3 is 6.18 Å². The van der Waals surface area contributed by atoms with Crippen LogP contribution in [0.5, 0.6) is 0 Å². The molecule has 1 fully saturated rings. The Bertz CT molecular complexity index is 727. The molecule has 0 aromatic heterocycles. The predicted molar refractivity (Wildman–Crippen MR) is 97.3 cm³/mol. The standard InChI is InChI=1S/C20H23F3N2O/c1-14(2)8-9-18(24-3)19(26)25-12-10-15(11-13-25)16-6-4-5-7-17(16)20(21,22)23/h4-9,15H,1,10-13H2,2-3H3/b9-8-,24-18?. The number of carbonyl (C=O) groups excluding carboxylic acids is 1. The summed E-state index contributed by atoms with van der Waals surface area (Å²) in [4.78, 5) is 18.2. The molecule has 6 heteroatoms. The number of aliphatic imine (C=N–C) groups is 1. The first kappa shape index (κ1) is 19.9. The van der Waals surface area contributed by atoms with Gasteiger partial charge in [-0.1, -0.05) is 36.4 Å². The number of hydrogen-bond acceptors (Lipinski definition) is 2. The number of likely N-dealkylation sites (tertiary alicyclic amines) is 1. The second kappa shape index (κ2) is 8.34. The van der Waals surface area contributed by atoms with Gasteiger partial charge in [-0.15, -0.1) is 0 Å². The number of nitrogens with zero attached hydrogens (tertiary/aromatic N) is 2. The van der Waals surface area contributed by atoms with Crippen molar-refractivity contribution in [3.05, 3.63) is 59.7 Å².